The Bertz CT molecular complexity index is 867. The highest BCUT2D eigenvalue weighted by molar-refractivity contribution is 5.81. The lowest BCUT2D eigenvalue weighted by molar-refractivity contribution is -0.135. The summed E-state index contributed by atoms with van der Waals surface area (Å²) in [5.74, 6) is 2.65. The van der Waals surface area contributed by atoms with Gasteiger partial charge in [-0.25, -0.2) is 0 Å². The quantitative estimate of drug-likeness (QED) is 0.788. The molecule has 0 aromatic carbocycles. The number of likely N-dealkylation sites (tertiary alicyclic amines) is 2. The second kappa shape index (κ2) is 7.89. The van der Waals surface area contributed by atoms with Crippen LogP contribution in [0.2, 0.25) is 0 Å². The Labute approximate surface area is 171 Å². The summed E-state index contributed by atoms with van der Waals surface area (Å²) >= 11 is 0. The van der Waals surface area contributed by atoms with Gasteiger partial charge in [0.1, 0.15) is 5.82 Å². The summed E-state index contributed by atoms with van der Waals surface area (Å²) in [5, 5.41) is 13.7. The monoisotopic (exact) mass is 397 g/mol. The van der Waals surface area contributed by atoms with Gasteiger partial charge in [-0.3, -0.25) is 9.69 Å². The van der Waals surface area contributed by atoms with Gasteiger partial charge < -0.3 is 9.80 Å². The first-order valence-electron chi connectivity index (χ1n) is 11.2. The smallest absolute Gasteiger partial charge is 0.239 e. The molecule has 1 amide bonds. The van der Waals surface area contributed by atoms with Crippen molar-refractivity contribution < 1.29 is 4.79 Å². The fourth-order valence-corrected chi connectivity index (χ4v) is 5.15. The maximum Gasteiger partial charge on any atom is 0.239 e. The molecule has 3 aliphatic heterocycles. The Balaban J connectivity index is 1.31. The number of amides is 1. The average molecular weight is 398 g/mol. The van der Waals surface area contributed by atoms with Crippen molar-refractivity contribution >= 4 is 17.4 Å². The van der Waals surface area contributed by atoms with E-state index >= 15 is 0 Å². The summed E-state index contributed by atoms with van der Waals surface area (Å²) in [5.41, 5.74) is 0.825. The summed E-state index contributed by atoms with van der Waals surface area (Å²) in [7, 11) is 1.94. The van der Waals surface area contributed by atoms with Crippen LogP contribution in [0.25, 0.3) is 5.65 Å². The number of nitrogens with zero attached hydrogens (tertiary/aromatic N) is 7. The molecule has 156 valence electrons. The zero-order chi connectivity index (χ0) is 19.8. The van der Waals surface area contributed by atoms with Crippen molar-refractivity contribution in [2.24, 2.45) is 0 Å². The molecule has 2 aromatic rings. The summed E-state index contributed by atoms with van der Waals surface area (Å²) in [6.45, 7) is 4.93. The molecule has 5 rings (SSSR count). The third kappa shape index (κ3) is 3.58. The molecule has 2 aromatic heterocycles. The molecule has 0 saturated carbocycles. The molecule has 29 heavy (non-hydrogen) atoms. The molecule has 8 heteroatoms. The van der Waals surface area contributed by atoms with Crippen molar-refractivity contribution in [1.29, 1.82) is 0 Å². The van der Waals surface area contributed by atoms with Gasteiger partial charge in [-0.1, -0.05) is 0 Å². The van der Waals surface area contributed by atoms with Crippen molar-refractivity contribution in [3.05, 3.63) is 18.0 Å². The van der Waals surface area contributed by atoms with Crippen LogP contribution < -0.4 is 4.90 Å². The van der Waals surface area contributed by atoms with Crippen LogP contribution in [0.15, 0.2) is 12.1 Å². The van der Waals surface area contributed by atoms with Crippen molar-refractivity contribution in [2.75, 3.05) is 44.7 Å². The normalized spacial score (nSPS) is 25.1. The molecule has 1 atom stereocenters. The van der Waals surface area contributed by atoms with Gasteiger partial charge in [0.15, 0.2) is 11.5 Å². The summed E-state index contributed by atoms with van der Waals surface area (Å²) in [6.07, 6.45) is 7.73. The number of anilines is 1. The number of hydrogen-bond acceptors (Lipinski definition) is 6. The number of carbonyl (C=O) groups excluding carboxylic acids is 1. The molecule has 3 fully saturated rings. The zero-order valence-electron chi connectivity index (χ0n) is 17.3. The van der Waals surface area contributed by atoms with E-state index in [0.29, 0.717) is 11.8 Å². The van der Waals surface area contributed by atoms with Gasteiger partial charge in [0.25, 0.3) is 0 Å². The predicted molar refractivity (Wildman–Crippen MR) is 111 cm³/mol. The van der Waals surface area contributed by atoms with E-state index in [9.17, 15) is 4.79 Å². The lowest BCUT2D eigenvalue weighted by Gasteiger charge is -2.36. The van der Waals surface area contributed by atoms with Crippen LogP contribution in [0.3, 0.4) is 0 Å². The number of aromatic nitrogens is 4. The van der Waals surface area contributed by atoms with E-state index in [-0.39, 0.29) is 6.04 Å². The van der Waals surface area contributed by atoms with Gasteiger partial charge in [0.05, 0.1) is 6.04 Å². The topological polar surface area (TPSA) is 69.9 Å². The molecule has 0 bridgehead atoms. The van der Waals surface area contributed by atoms with Gasteiger partial charge in [0.2, 0.25) is 5.91 Å². The molecule has 0 aliphatic carbocycles. The van der Waals surface area contributed by atoms with Crippen molar-refractivity contribution in [1.82, 2.24) is 29.6 Å². The third-order valence-electron chi connectivity index (χ3n) is 6.92. The van der Waals surface area contributed by atoms with E-state index in [4.69, 9.17) is 5.10 Å². The minimum Gasteiger partial charge on any atom is -0.355 e. The van der Waals surface area contributed by atoms with Crippen LogP contribution in [0.4, 0.5) is 5.82 Å². The van der Waals surface area contributed by atoms with Crippen LogP contribution in [-0.4, -0.2) is 81.3 Å². The summed E-state index contributed by atoms with van der Waals surface area (Å²) < 4.78 is 1.96. The van der Waals surface area contributed by atoms with Gasteiger partial charge in [-0.2, -0.15) is 4.52 Å². The standard InChI is InChI=1S/C21H31N7O/c1-25-11-3-2-6-17(21(25)29)26-14-9-16(10-15-26)20-23-22-18-7-8-19(24-28(18)20)27-12-4-5-13-27/h7-8,16-17H,2-6,9-15H2,1H3. The van der Waals surface area contributed by atoms with E-state index in [0.717, 1.165) is 82.1 Å². The molecule has 0 spiro atoms. The van der Waals surface area contributed by atoms with Gasteiger partial charge in [0, 0.05) is 32.6 Å². The Kier molecular flexibility index (Phi) is 5.11. The molecule has 0 N–H and O–H groups in total. The molecular formula is C21H31N7O. The van der Waals surface area contributed by atoms with Gasteiger partial charge in [-0.05, 0) is 70.2 Å². The third-order valence-corrected chi connectivity index (χ3v) is 6.92. The first kappa shape index (κ1) is 18.8. The number of carbonyl (C=O) groups is 1. The SMILES string of the molecule is CN1CCCCC(N2CCC(c3nnc4ccc(N5CCCC5)nn34)CC2)C1=O. The minimum absolute atomic E-state index is 0.0542. The Morgan fingerprint density at radius 3 is 2.45 bits per heavy atom. The van der Waals surface area contributed by atoms with Crippen molar-refractivity contribution in [3.8, 4) is 0 Å². The molecule has 3 saturated heterocycles. The lowest BCUT2D eigenvalue weighted by Crippen LogP contribution is -2.49. The largest absolute Gasteiger partial charge is 0.355 e. The highest BCUT2D eigenvalue weighted by atomic mass is 16.2. The van der Waals surface area contributed by atoms with E-state index in [2.05, 4.69) is 26.1 Å². The van der Waals surface area contributed by atoms with Crippen molar-refractivity contribution in [2.45, 2.75) is 56.9 Å². The van der Waals surface area contributed by atoms with Crippen molar-refractivity contribution in [3.63, 3.8) is 0 Å². The Morgan fingerprint density at radius 1 is 0.897 bits per heavy atom. The maximum absolute atomic E-state index is 12.7. The molecule has 5 heterocycles. The fourth-order valence-electron chi connectivity index (χ4n) is 5.15. The fraction of sp³-hybridized carbons (Fsp3) is 0.714. The van der Waals surface area contributed by atoms with Gasteiger partial charge >= 0.3 is 0 Å². The second-order valence-electron chi connectivity index (χ2n) is 8.80. The van der Waals surface area contributed by atoms with Crippen LogP contribution >= 0.6 is 0 Å². The lowest BCUT2D eigenvalue weighted by atomic mass is 9.94. The number of likely N-dealkylation sites (N-methyl/N-ethyl adjacent to an activating group) is 1. The first-order chi connectivity index (χ1) is 14.2. The zero-order valence-corrected chi connectivity index (χ0v) is 17.3. The molecule has 0 radical (unpaired) electrons. The van der Waals surface area contributed by atoms with E-state index in [1.165, 1.54) is 12.8 Å². The maximum atomic E-state index is 12.7. The van der Waals surface area contributed by atoms with Crippen LogP contribution in [-0.2, 0) is 4.79 Å². The Hall–Kier alpha value is -2.22. The molecular weight excluding hydrogens is 366 g/mol. The number of hydrogen-bond donors (Lipinski definition) is 0. The minimum atomic E-state index is 0.0542. The summed E-state index contributed by atoms with van der Waals surface area (Å²) in [4.78, 5) is 19.4. The van der Waals surface area contributed by atoms with E-state index in [1.807, 2.05) is 22.5 Å². The van der Waals surface area contributed by atoms with Crippen LogP contribution in [0.1, 0.15) is 56.7 Å². The first-order valence-corrected chi connectivity index (χ1v) is 11.2. The van der Waals surface area contributed by atoms with Gasteiger partial charge in [-0.15, -0.1) is 15.3 Å². The van der Waals surface area contributed by atoms with Crippen LogP contribution in [0.5, 0.6) is 0 Å². The highest BCUT2D eigenvalue weighted by Crippen LogP contribution is 2.30. The van der Waals surface area contributed by atoms with E-state index < -0.39 is 0 Å². The average Bonchev–Trinajstić information content (AvgIpc) is 3.40. The number of piperidine rings is 1. The summed E-state index contributed by atoms with van der Waals surface area (Å²) in [6, 6.07) is 4.15. The Morgan fingerprint density at radius 2 is 1.66 bits per heavy atom. The van der Waals surface area contributed by atoms with E-state index in [1.54, 1.807) is 0 Å². The molecule has 1 unspecified atom stereocenters. The highest BCUT2D eigenvalue weighted by Gasteiger charge is 2.34. The predicted octanol–water partition coefficient (Wildman–Crippen LogP) is 1.91. The van der Waals surface area contributed by atoms with Crippen LogP contribution in [0, 0.1) is 0 Å². The number of fused-ring (bicyclic) bond motifs is 1. The second-order valence-corrected chi connectivity index (χ2v) is 8.80. The number of rotatable bonds is 3. The molecule has 3 aliphatic rings. The molecule has 8 nitrogen and oxygen atoms in total.